The first kappa shape index (κ1) is 33.0. The average molecular weight is 751 g/mol. The number of hydrogen-bond acceptors (Lipinski definition) is 1. The van der Waals surface area contributed by atoms with E-state index in [9.17, 15) is 0 Å². The minimum Gasteiger partial charge on any atom is -0.307 e. The Morgan fingerprint density at radius 2 is 0.930 bits per heavy atom. The predicted octanol–water partition coefficient (Wildman–Crippen LogP) is 15.4. The number of rotatable bonds is 3. The van der Waals surface area contributed by atoms with Crippen LogP contribution < -0.4 is 0 Å². The molecule has 0 saturated heterocycles. The fraction of sp³-hybridized carbons (Fsp3) is 0.148. The van der Waals surface area contributed by atoms with Crippen LogP contribution in [-0.2, 0) is 10.8 Å². The van der Waals surface area contributed by atoms with Crippen LogP contribution in [-0.4, -0.2) is 9.13 Å². The lowest BCUT2D eigenvalue weighted by atomic mass is 9.63. The Kier molecular flexibility index (Phi) is 6.77. The summed E-state index contributed by atoms with van der Waals surface area (Å²) in [5, 5.41) is 10.5. The highest BCUT2D eigenvalue weighted by molar-refractivity contribution is 7.25. The molecule has 11 aromatic rings. The second-order valence-corrected chi connectivity index (χ2v) is 18.6. The van der Waals surface area contributed by atoms with Gasteiger partial charge in [0.25, 0.3) is 0 Å². The highest BCUT2D eigenvalue weighted by Crippen LogP contribution is 2.51. The molecule has 0 aliphatic heterocycles. The van der Waals surface area contributed by atoms with Gasteiger partial charge in [-0.25, -0.2) is 0 Å². The van der Waals surface area contributed by atoms with Crippen LogP contribution in [0.15, 0.2) is 158 Å². The quantitative estimate of drug-likeness (QED) is 0.170. The Balaban J connectivity index is 1.22. The molecule has 0 spiro atoms. The standard InChI is InChI=1S/C54H42N2S/c1-53(2)28-29-54(3,4)44-32-46-42(31-43(44)53)50-40-18-9-8-17-39(40)49-41-19-10-12-20-45(41)55(35-14-6-5-7-15-35)51(49)52(50)56(46)36-25-22-33(23-26-36)34-24-27-38-37-16-11-13-21-47(37)57-48(38)30-34/h5-27,30-32H,28-29H2,1-4H3. The largest absolute Gasteiger partial charge is 0.307 e. The Morgan fingerprint density at radius 3 is 1.65 bits per heavy atom. The fourth-order valence-electron chi connectivity index (χ4n) is 10.3. The first-order valence-electron chi connectivity index (χ1n) is 20.3. The zero-order valence-corrected chi connectivity index (χ0v) is 33.5. The number of thiophene rings is 1. The Hall–Kier alpha value is -6.16. The summed E-state index contributed by atoms with van der Waals surface area (Å²) in [6.07, 6.45) is 2.35. The van der Waals surface area contributed by atoms with Gasteiger partial charge in [-0.15, -0.1) is 11.3 Å². The van der Waals surface area contributed by atoms with Gasteiger partial charge in [0, 0.05) is 53.1 Å². The number of aromatic nitrogens is 2. The zero-order chi connectivity index (χ0) is 38.2. The maximum Gasteiger partial charge on any atom is 0.0795 e. The van der Waals surface area contributed by atoms with Crippen molar-refractivity contribution in [1.82, 2.24) is 9.13 Å². The van der Waals surface area contributed by atoms with E-state index in [4.69, 9.17) is 0 Å². The molecule has 12 rings (SSSR count). The molecule has 0 atom stereocenters. The van der Waals surface area contributed by atoms with E-state index in [1.807, 2.05) is 11.3 Å². The van der Waals surface area contributed by atoms with Gasteiger partial charge in [-0.1, -0.05) is 131 Å². The van der Waals surface area contributed by atoms with Crippen LogP contribution in [0.5, 0.6) is 0 Å². The minimum atomic E-state index is 0.0751. The van der Waals surface area contributed by atoms with Crippen molar-refractivity contribution >= 4 is 85.9 Å². The molecule has 0 N–H and O–H groups in total. The lowest BCUT2D eigenvalue weighted by Crippen LogP contribution is -2.33. The topological polar surface area (TPSA) is 9.86 Å². The summed E-state index contributed by atoms with van der Waals surface area (Å²) in [6, 6.07) is 59.3. The van der Waals surface area contributed by atoms with E-state index in [0.717, 1.165) is 0 Å². The van der Waals surface area contributed by atoms with Crippen molar-refractivity contribution in [2.24, 2.45) is 0 Å². The van der Waals surface area contributed by atoms with Gasteiger partial charge < -0.3 is 9.13 Å². The molecule has 274 valence electrons. The Labute approximate surface area is 336 Å². The molecule has 0 unspecified atom stereocenters. The summed E-state index contributed by atoms with van der Waals surface area (Å²) in [6.45, 7) is 9.79. The van der Waals surface area contributed by atoms with Gasteiger partial charge in [0.2, 0.25) is 0 Å². The molecule has 0 fully saturated rings. The molecule has 1 aliphatic rings. The molecular weight excluding hydrogens is 709 g/mol. The van der Waals surface area contributed by atoms with Gasteiger partial charge in [-0.3, -0.25) is 0 Å². The van der Waals surface area contributed by atoms with E-state index in [-0.39, 0.29) is 10.8 Å². The van der Waals surface area contributed by atoms with Crippen LogP contribution in [0.3, 0.4) is 0 Å². The predicted molar refractivity (Wildman–Crippen MR) is 246 cm³/mol. The monoisotopic (exact) mass is 750 g/mol. The van der Waals surface area contributed by atoms with Crippen LogP contribution in [0.1, 0.15) is 51.7 Å². The molecule has 1 aliphatic carbocycles. The van der Waals surface area contributed by atoms with Crippen LogP contribution in [0, 0.1) is 0 Å². The number of para-hydroxylation sites is 2. The fourth-order valence-corrected chi connectivity index (χ4v) is 11.5. The first-order chi connectivity index (χ1) is 27.8. The average Bonchev–Trinajstić information content (AvgIpc) is 3.90. The van der Waals surface area contributed by atoms with Crippen molar-refractivity contribution in [3.63, 3.8) is 0 Å². The smallest absolute Gasteiger partial charge is 0.0795 e. The molecule has 0 bridgehead atoms. The van der Waals surface area contributed by atoms with Gasteiger partial charge in [0.15, 0.2) is 0 Å². The second-order valence-electron chi connectivity index (χ2n) is 17.6. The summed E-state index contributed by atoms with van der Waals surface area (Å²) in [4.78, 5) is 0. The van der Waals surface area contributed by atoms with E-state index in [1.165, 1.54) is 121 Å². The third kappa shape index (κ3) is 4.64. The highest BCUT2D eigenvalue weighted by atomic mass is 32.1. The number of fused-ring (bicyclic) bond motifs is 14. The van der Waals surface area contributed by atoms with Crippen LogP contribution in [0.4, 0.5) is 0 Å². The molecule has 3 aromatic heterocycles. The summed E-state index contributed by atoms with van der Waals surface area (Å²) in [7, 11) is 0. The molecular formula is C54H42N2S. The Morgan fingerprint density at radius 1 is 0.404 bits per heavy atom. The molecule has 3 heteroatoms. The van der Waals surface area contributed by atoms with Crippen molar-refractivity contribution in [1.29, 1.82) is 0 Å². The lowest BCUT2D eigenvalue weighted by Gasteiger charge is -2.42. The van der Waals surface area contributed by atoms with E-state index in [0.29, 0.717) is 0 Å². The molecule has 2 nitrogen and oxygen atoms in total. The van der Waals surface area contributed by atoms with Crippen LogP contribution >= 0.6 is 11.3 Å². The molecule has 8 aromatic carbocycles. The maximum absolute atomic E-state index is 2.61. The van der Waals surface area contributed by atoms with Gasteiger partial charge >= 0.3 is 0 Å². The maximum atomic E-state index is 2.61. The zero-order valence-electron chi connectivity index (χ0n) is 32.7. The Bertz CT molecular complexity index is 3440. The normalized spacial score (nSPS) is 15.2. The van der Waals surface area contributed by atoms with Gasteiger partial charge in [-0.2, -0.15) is 0 Å². The molecule has 57 heavy (non-hydrogen) atoms. The summed E-state index contributed by atoms with van der Waals surface area (Å²) < 4.78 is 7.80. The van der Waals surface area contributed by atoms with E-state index in [2.05, 4.69) is 195 Å². The van der Waals surface area contributed by atoms with E-state index in [1.54, 1.807) is 0 Å². The van der Waals surface area contributed by atoms with Gasteiger partial charge in [0.05, 0.1) is 22.1 Å². The van der Waals surface area contributed by atoms with Crippen LogP contribution in [0.2, 0.25) is 0 Å². The molecule has 0 radical (unpaired) electrons. The summed E-state index contributed by atoms with van der Waals surface area (Å²) in [5.74, 6) is 0. The van der Waals surface area contributed by atoms with Crippen molar-refractivity contribution < 1.29 is 0 Å². The number of benzene rings is 8. The third-order valence-corrected chi connectivity index (χ3v) is 14.5. The lowest BCUT2D eigenvalue weighted by molar-refractivity contribution is 0.332. The van der Waals surface area contributed by atoms with Gasteiger partial charge in [-0.05, 0) is 111 Å². The highest BCUT2D eigenvalue weighted by Gasteiger charge is 2.38. The number of hydrogen-bond donors (Lipinski definition) is 0. The minimum absolute atomic E-state index is 0.0751. The van der Waals surface area contributed by atoms with Crippen molar-refractivity contribution in [2.75, 3.05) is 0 Å². The molecule has 0 amide bonds. The molecule has 0 saturated carbocycles. The summed E-state index contributed by atoms with van der Waals surface area (Å²) >= 11 is 1.88. The summed E-state index contributed by atoms with van der Waals surface area (Å²) in [5.41, 5.74) is 13.0. The van der Waals surface area contributed by atoms with E-state index < -0.39 is 0 Å². The third-order valence-electron chi connectivity index (χ3n) is 13.4. The van der Waals surface area contributed by atoms with Crippen LogP contribution in [0.25, 0.3) is 97.1 Å². The van der Waals surface area contributed by atoms with Gasteiger partial charge in [0.1, 0.15) is 0 Å². The van der Waals surface area contributed by atoms with Crippen molar-refractivity contribution in [3.05, 3.63) is 169 Å². The first-order valence-corrected chi connectivity index (χ1v) is 21.1. The second kappa shape index (κ2) is 11.7. The number of nitrogens with zero attached hydrogens (tertiary/aromatic N) is 2. The van der Waals surface area contributed by atoms with E-state index >= 15 is 0 Å². The van der Waals surface area contributed by atoms with Crippen molar-refractivity contribution in [3.8, 4) is 22.5 Å². The SMILES string of the molecule is CC1(C)CCC(C)(C)c2cc3c(cc21)c1c2ccccc2c2c4ccccc4n(-c4ccccc4)c2c1n3-c1ccc(-c2ccc3c(c2)sc2ccccc23)cc1. The molecule has 3 heterocycles. The van der Waals surface area contributed by atoms with Crippen molar-refractivity contribution in [2.45, 2.75) is 51.4 Å².